The third kappa shape index (κ3) is 13.5. The van der Waals surface area contributed by atoms with E-state index >= 15 is 0 Å². The van der Waals surface area contributed by atoms with Crippen molar-refractivity contribution in [3.63, 3.8) is 0 Å². The van der Waals surface area contributed by atoms with Gasteiger partial charge >= 0.3 is 0 Å². The normalized spacial score (nSPS) is 38.2. The molecule has 3 heterocycles. The monoisotopic (exact) mass is 799 g/mol. The van der Waals surface area contributed by atoms with E-state index < -0.39 is 124 Å². The van der Waals surface area contributed by atoms with Crippen LogP contribution in [0.3, 0.4) is 0 Å². The Kier molecular flexibility index (Phi) is 21.3. The highest BCUT2D eigenvalue weighted by Gasteiger charge is 2.53. The molecule has 3 fully saturated rings. The van der Waals surface area contributed by atoms with Crippen LogP contribution in [-0.2, 0) is 33.2 Å². The maximum absolute atomic E-state index is 12.7. The summed E-state index contributed by atoms with van der Waals surface area (Å²) in [6, 6.07) is -0.958. The molecule has 3 aliphatic rings. The molecule has 1 amide bonds. The molecule has 3 rings (SSSR count). The average Bonchev–Trinajstić information content (AvgIpc) is 3.17. The van der Waals surface area contributed by atoms with Gasteiger partial charge in [-0.15, -0.1) is 0 Å². The van der Waals surface area contributed by atoms with E-state index in [1.165, 1.54) is 0 Å². The van der Waals surface area contributed by atoms with Crippen LogP contribution in [0.1, 0.15) is 78.1 Å². The van der Waals surface area contributed by atoms with E-state index in [4.69, 9.17) is 28.4 Å². The zero-order valence-corrected chi connectivity index (χ0v) is 31.6. The molecule has 19 nitrogen and oxygen atoms in total. The summed E-state index contributed by atoms with van der Waals surface area (Å²) in [5, 5.41) is 118. The maximum atomic E-state index is 12.7. The van der Waals surface area contributed by atoms with Gasteiger partial charge in [-0.2, -0.15) is 0 Å². The number of hydrogen-bond donors (Lipinski definition) is 12. The lowest BCUT2D eigenvalue weighted by Gasteiger charge is -2.48. The molecule has 17 unspecified atom stereocenters. The molecule has 3 saturated heterocycles. The van der Waals surface area contributed by atoms with E-state index in [9.17, 15) is 61.0 Å². The molecule has 0 aromatic rings. The van der Waals surface area contributed by atoms with E-state index in [0.717, 1.165) is 51.4 Å². The van der Waals surface area contributed by atoms with Crippen LogP contribution >= 0.6 is 0 Å². The number of carbonyl (C=O) groups is 1. The highest BCUT2D eigenvalue weighted by Crippen LogP contribution is 2.32. The molecule has 19 heteroatoms. The zero-order chi connectivity index (χ0) is 40.7. The fraction of sp³-hybridized carbons (Fsp3) is 0.917. The first-order chi connectivity index (χ1) is 26.3. The van der Waals surface area contributed by atoms with Gasteiger partial charge in [0, 0.05) is 6.42 Å². The van der Waals surface area contributed by atoms with Crippen molar-refractivity contribution in [2.24, 2.45) is 0 Å². The first-order valence-electron chi connectivity index (χ1n) is 19.4. The lowest BCUT2D eigenvalue weighted by atomic mass is 9.96. The SMILES string of the molecule is CCCCCCC/C=C/C(O)C(COC1OC(CO)C(OC2OC(CO)C(OC3OC(CO)C(O)C(O)C3O)C(O)C2O)C(O)C1O)NC(=O)CCCCC. The Labute approximate surface area is 321 Å². The summed E-state index contributed by atoms with van der Waals surface area (Å²) < 4.78 is 33.6. The molecule has 0 aromatic carbocycles. The highest BCUT2D eigenvalue weighted by atomic mass is 16.8. The Bertz CT molecular complexity index is 1100. The largest absolute Gasteiger partial charge is 0.394 e. The van der Waals surface area contributed by atoms with Gasteiger partial charge in [0.25, 0.3) is 0 Å². The molecule has 0 aromatic heterocycles. The Morgan fingerprint density at radius 1 is 0.636 bits per heavy atom. The van der Waals surface area contributed by atoms with E-state index in [0.29, 0.717) is 6.42 Å². The number of amides is 1. The van der Waals surface area contributed by atoms with Crippen molar-refractivity contribution in [3.05, 3.63) is 12.2 Å². The number of aliphatic hydroxyl groups is 11. The molecule has 12 N–H and O–H groups in total. The van der Waals surface area contributed by atoms with Crippen LogP contribution in [0.5, 0.6) is 0 Å². The molecule has 55 heavy (non-hydrogen) atoms. The molecular weight excluding hydrogens is 734 g/mol. The van der Waals surface area contributed by atoms with Crippen LogP contribution in [0.4, 0.5) is 0 Å². The van der Waals surface area contributed by atoms with Crippen LogP contribution in [0.2, 0.25) is 0 Å². The van der Waals surface area contributed by atoms with Crippen molar-refractivity contribution in [2.45, 2.75) is 182 Å². The number of carbonyl (C=O) groups excluding carboxylic acids is 1. The molecule has 0 radical (unpaired) electrons. The first kappa shape index (κ1) is 47.9. The van der Waals surface area contributed by atoms with Gasteiger partial charge in [0.1, 0.15) is 73.2 Å². The topological polar surface area (TPSA) is 307 Å². The van der Waals surface area contributed by atoms with Gasteiger partial charge < -0.3 is 89.9 Å². The Balaban J connectivity index is 1.65. The minimum Gasteiger partial charge on any atom is -0.394 e. The Morgan fingerprint density at radius 3 is 1.69 bits per heavy atom. The van der Waals surface area contributed by atoms with Crippen molar-refractivity contribution < 1.29 is 89.4 Å². The minimum absolute atomic E-state index is 0.229. The third-order valence-electron chi connectivity index (χ3n) is 10.1. The zero-order valence-electron chi connectivity index (χ0n) is 31.6. The molecule has 322 valence electrons. The van der Waals surface area contributed by atoms with Gasteiger partial charge in [0.2, 0.25) is 5.91 Å². The highest BCUT2D eigenvalue weighted by molar-refractivity contribution is 5.76. The molecule has 3 aliphatic heterocycles. The van der Waals surface area contributed by atoms with Crippen LogP contribution in [0.15, 0.2) is 12.2 Å². The van der Waals surface area contributed by atoms with Crippen LogP contribution in [-0.4, -0.2) is 193 Å². The third-order valence-corrected chi connectivity index (χ3v) is 10.1. The first-order valence-corrected chi connectivity index (χ1v) is 19.4. The molecular formula is C36H65NO18. The van der Waals surface area contributed by atoms with Gasteiger partial charge in [0.05, 0.1) is 38.6 Å². The summed E-state index contributed by atoms with van der Waals surface area (Å²) in [5.41, 5.74) is 0. The smallest absolute Gasteiger partial charge is 0.220 e. The second-order valence-electron chi connectivity index (χ2n) is 14.4. The molecule has 0 spiro atoms. The van der Waals surface area contributed by atoms with Crippen molar-refractivity contribution >= 4 is 5.91 Å². The van der Waals surface area contributed by atoms with Crippen molar-refractivity contribution in [1.29, 1.82) is 0 Å². The second-order valence-corrected chi connectivity index (χ2v) is 14.4. The van der Waals surface area contributed by atoms with Gasteiger partial charge in [-0.25, -0.2) is 0 Å². The summed E-state index contributed by atoms with van der Waals surface area (Å²) in [4.78, 5) is 12.7. The summed E-state index contributed by atoms with van der Waals surface area (Å²) in [6.07, 6.45) is -14.6. The van der Waals surface area contributed by atoms with Crippen molar-refractivity contribution in [2.75, 3.05) is 26.4 Å². The van der Waals surface area contributed by atoms with Crippen molar-refractivity contribution in [1.82, 2.24) is 5.32 Å². The predicted octanol–water partition coefficient (Wildman–Crippen LogP) is -3.21. The van der Waals surface area contributed by atoms with Gasteiger partial charge in [-0.05, 0) is 19.3 Å². The lowest BCUT2D eigenvalue weighted by Crippen LogP contribution is -2.66. The van der Waals surface area contributed by atoms with Gasteiger partial charge in [-0.1, -0.05) is 64.5 Å². The minimum atomic E-state index is -1.97. The number of ether oxygens (including phenoxy) is 6. The fourth-order valence-corrected chi connectivity index (χ4v) is 6.66. The maximum Gasteiger partial charge on any atom is 0.220 e. The number of allylic oxidation sites excluding steroid dienone is 1. The summed E-state index contributed by atoms with van der Waals surface area (Å²) >= 11 is 0. The quantitative estimate of drug-likeness (QED) is 0.0358. The van der Waals surface area contributed by atoms with Gasteiger partial charge in [-0.3, -0.25) is 4.79 Å². The number of unbranched alkanes of at least 4 members (excludes halogenated alkanes) is 7. The standard InChI is InChI=1S/C36H65NO18/c1-3-5-7-8-9-10-12-13-20(41)19(37-24(42)14-11-6-4-2)18-50-34-30(48)27(45)32(22(16-39)52-34)55-36-31(49)28(46)33(23(17-40)53-36)54-35-29(47)26(44)25(43)21(15-38)51-35/h12-13,19-23,25-36,38-41,43-49H,3-11,14-18H2,1-2H3,(H,37,42)/b13-12+. The summed E-state index contributed by atoms with van der Waals surface area (Å²) in [7, 11) is 0. The van der Waals surface area contributed by atoms with E-state index in [1.807, 2.05) is 13.0 Å². The fourth-order valence-electron chi connectivity index (χ4n) is 6.66. The number of nitrogens with one attached hydrogen (secondary N) is 1. The number of rotatable bonds is 23. The van der Waals surface area contributed by atoms with Crippen LogP contribution < -0.4 is 5.32 Å². The second kappa shape index (κ2) is 24.5. The van der Waals surface area contributed by atoms with E-state index in [2.05, 4.69) is 12.2 Å². The van der Waals surface area contributed by atoms with Gasteiger partial charge in [0.15, 0.2) is 18.9 Å². The number of aliphatic hydroxyl groups excluding tert-OH is 11. The summed E-state index contributed by atoms with van der Waals surface area (Å²) in [5.74, 6) is -0.309. The lowest BCUT2D eigenvalue weighted by molar-refractivity contribution is -0.379. The molecule has 0 bridgehead atoms. The van der Waals surface area contributed by atoms with Crippen LogP contribution in [0, 0.1) is 0 Å². The van der Waals surface area contributed by atoms with E-state index in [1.54, 1.807) is 6.08 Å². The Morgan fingerprint density at radius 2 is 1.13 bits per heavy atom. The molecule has 0 aliphatic carbocycles. The van der Waals surface area contributed by atoms with E-state index in [-0.39, 0.29) is 18.9 Å². The summed E-state index contributed by atoms with van der Waals surface area (Å²) in [6.45, 7) is 1.37. The van der Waals surface area contributed by atoms with Crippen molar-refractivity contribution in [3.8, 4) is 0 Å². The average molecular weight is 800 g/mol. The molecule has 17 atom stereocenters. The predicted molar refractivity (Wildman–Crippen MR) is 190 cm³/mol. The molecule has 0 saturated carbocycles. The van der Waals surface area contributed by atoms with Crippen LogP contribution in [0.25, 0.3) is 0 Å². The number of hydrogen-bond acceptors (Lipinski definition) is 18. The Hall–Kier alpha value is -1.47.